The first-order valence-corrected chi connectivity index (χ1v) is 14.2. The number of nitriles is 2. The number of methoxy groups -OCH3 is 1. The molecule has 17 nitrogen and oxygen atoms in total. The number of nitrogens with one attached hydrogen (secondary N) is 4. The molecule has 4 rings (SSSR count). The molecule has 1 aliphatic heterocycles. The van der Waals surface area contributed by atoms with Gasteiger partial charge in [0.2, 0.25) is 11.9 Å². The molecular formula is C27H32Cl2N12O5. The van der Waals surface area contributed by atoms with E-state index in [1.54, 1.807) is 11.0 Å². The Morgan fingerprint density at radius 3 is 2.67 bits per heavy atom. The number of nitrogens with zero attached hydrogens (tertiary/aromatic N) is 7. The quantitative estimate of drug-likeness (QED) is 0.191. The van der Waals surface area contributed by atoms with Crippen molar-refractivity contribution in [2.75, 3.05) is 48.8 Å². The Morgan fingerprint density at radius 2 is 2.02 bits per heavy atom. The number of carbonyl (C=O) groups excluding carboxylic acids is 3. The first-order valence-electron chi connectivity index (χ1n) is 13.8. The smallest absolute Gasteiger partial charge is 0.407 e. The van der Waals surface area contributed by atoms with Crippen LogP contribution in [0.15, 0.2) is 18.3 Å². The third kappa shape index (κ3) is 8.13. The summed E-state index contributed by atoms with van der Waals surface area (Å²) < 4.78 is 11.7. The highest BCUT2D eigenvalue weighted by Gasteiger charge is 2.35. The van der Waals surface area contributed by atoms with Crippen molar-refractivity contribution in [3.8, 4) is 12.1 Å². The number of aromatic nitrogens is 4. The minimum atomic E-state index is -0.880. The van der Waals surface area contributed by atoms with Crippen molar-refractivity contribution >= 4 is 70.8 Å². The third-order valence-electron chi connectivity index (χ3n) is 6.74. The molecule has 3 unspecified atom stereocenters. The number of amides is 2. The molecule has 0 aliphatic carbocycles. The van der Waals surface area contributed by atoms with E-state index in [0.29, 0.717) is 42.4 Å². The molecule has 1 fully saturated rings. The summed E-state index contributed by atoms with van der Waals surface area (Å²) in [5.41, 5.74) is 7.07. The fourth-order valence-electron chi connectivity index (χ4n) is 4.57. The van der Waals surface area contributed by atoms with Crippen molar-refractivity contribution in [3.05, 3.63) is 34.6 Å². The summed E-state index contributed by atoms with van der Waals surface area (Å²) in [5, 5.41) is 35.1. The Balaban J connectivity index is 0.00000576. The van der Waals surface area contributed by atoms with Crippen LogP contribution >= 0.6 is 24.0 Å². The van der Waals surface area contributed by atoms with Gasteiger partial charge in [-0.15, -0.1) is 17.5 Å². The predicted molar refractivity (Wildman–Crippen MR) is 169 cm³/mol. The number of piperidine rings is 1. The van der Waals surface area contributed by atoms with Crippen molar-refractivity contribution < 1.29 is 23.9 Å². The zero-order valence-electron chi connectivity index (χ0n) is 25.0. The minimum Gasteiger partial charge on any atom is -0.457 e. The molecule has 46 heavy (non-hydrogen) atoms. The summed E-state index contributed by atoms with van der Waals surface area (Å²) in [4.78, 5) is 47.0. The number of fused-ring (bicyclic) bond motifs is 1. The molecule has 1 aromatic carbocycles. The maximum Gasteiger partial charge on any atom is 0.407 e. The molecule has 2 aromatic heterocycles. The van der Waals surface area contributed by atoms with Crippen LogP contribution in [-0.2, 0) is 19.1 Å². The van der Waals surface area contributed by atoms with Gasteiger partial charge in [-0.3, -0.25) is 9.59 Å². The first kappa shape index (κ1) is 35.4. The van der Waals surface area contributed by atoms with Gasteiger partial charge in [0.15, 0.2) is 17.2 Å². The summed E-state index contributed by atoms with van der Waals surface area (Å²) in [6.45, 7) is 3.88. The van der Waals surface area contributed by atoms with Crippen LogP contribution in [0.1, 0.15) is 31.5 Å². The van der Waals surface area contributed by atoms with Crippen LogP contribution in [0.25, 0.3) is 5.65 Å². The molecule has 0 spiro atoms. The number of hydrogen-bond donors (Lipinski definition) is 5. The van der Waals surface area contributed by atoms with Gasteiger partial charge >= 0.3 is 12.1 Å². The summed E-state index contributed by atoms with van der Waals surface area (Å²) in [5.74, 6) is -0.810. The van der Waals surface area contributed by atoms with Crippen LogP contribution in [-0.4, -0.2) is 89.0 Å². The zero-order valence-corrected chi connectivity index (χ0v) is 26.6. The van der Waals surface area contributed by atoms with Crippen molar-refractivity contribution in [1.29, 1.82) is 10.5 Å². The average molecular weight is 676 g/mol. The molecule has 3 aromatic rings. The van der Waals surface area contributed by atoms with E-state index in [9.17, 15) is 24.9 Å². The second-order valence-electron chi connectivity index (χ2n) is 9.91. The van der Waals surface area contributed by atoms with Gasteiger partial charge in [0, 0.05) is 13.1 Å². The van der Waals surface area contributed by atoms with Crippen molar-refractivity contribution in [2.45, 2.75) is 38.5 Å². The number of alkyl carbamates (subject to hydrolysis) is 1. The Morgan fingerprint density at radius 1 is 1.26 bits per heavy atom. The van der Waals surface area contributed by atoms with E-state index < -0.39 is 42.7 Å². The lowest BCUT2D eigenvalue weighted by atomic mass is 10.0. The maximum atomic E-state index is 12.6. The highest BCUT2D eigenvalue weighted by atomic mass is 35.5. The highest BCUT2D eigenvalue weighted by molar-refractivity contribution is 6.36. The number of ether oxygens (including phenoxy) is 2. The molecule has 6 N–H and O–H groups in total. The van der Waals surface area contributed by atoms with Crippen molar-refractivity contribution in [1.82, 2.24) is 30.2 Å². The second-order valence-corrected chi connectivity index (χ2v) is 10.3. The topological polar surface area (TPSA) is 238 Å². The Hall–Kier alpha value is -5.10. The molecule has 2 amide bonds. The van der Waals surface area contributed by atoms with Gasteiger partial charge in [0.1, 0.15) is 18.7 Å². The van der Waals surface area contributed by atoms with Crippen LogP contribution < -0.4 is 31.9 Å². The number of carbonyl (C=O) groups is 3. The number of rotatable bonds is 10. The molecule has 3 atom stereocenters. The van der Waals surface area contributed by atoms with Crippen LogP contribution in [0.3, 0.4) is 0 Å². The molecule has 244 valence electrons. The van der Waals surface area contributed by atoms with E-state index in [2.05, 4.69) is 42.4 Å². The van der Waals surface area contributed by atoms with E-state index >= 15 is 0 Å². The fraction of sp³-hybridized carbons (Fsp3) is 0.407. The number of halogens is 2. The van der Waals surface area contributed by atoms with Crippen LogP contribution in [0, 0.1) is 22.7 Å². The number of imidazole rings is 1. The molecule has 1 aliphatic rings. The van der Waals surface area contributed by atoms with E-state index in [1.165, 1.54) is 30.8 Å². The van der Waals surface area contributed by atoms with Gasteiger partial charge in [-0.05, 0) is 32.4 Å². The summed E-state index contributed by atoms with van der Waals surface area (Å²) in [7, 11) is 1.22. The van der Waals surface area contributed by atoms with Gasteiger partial charge in [-0.1, -0.05) is 11.6 Å². The molecule has 19 heteroatoms. The Kier molecular flexibility index (Phi) is 12.1. The average Bonchev–Trinajstić information content (AvgIpc) is 3.45. The Labute approximate surface area is 274 Å². The van der Waals surface area contributed by atoms with Crippen LogP contribution in [0.5, 0.6) is 0 Å². The summed E-state index contributed by atoms with van der Waals surface area (Å²) >= 11 is 6.88. The Bertz CT molecular complexity index is 1690. The molecule has 3 heterocycles. The molecule has 0 radical (unpaired) electrons. The number of esters is 1. The number of benzene rings is 1. The van der Waals surface area contributed by atoms with Crippen molar-refractivity contribution in [3.63, 3.8) is 0 Å². The number of anilines is 4. The maximum absolute atomic E-state index is 12.6. The van der Waals surface area contributed by atoms with E-state index in [-0.39, 0.29) is 41.2 Å². The first-order chi connectivity index (χ1) is 21.6. The normalized spacial score (nSPS) is 16.2. The fourth-order valence-corrected chi connectivity index (χ4v) is 4.85. The van der Waals surface area contributed by atoms with Gasteiger partial charge in [-0.2, -0.15) is 20.0 Å². The number of nitrogens with two attached hydrogens (primary N) is 1. The summed E-state index contributed by atoms with van der Waals surface area (Å²) in [6, 6.07) is 5.81. The van der Waals surface area contributed by atoms with E-state index in [0.717, 1.165) is 0 Å². The number of hydrogen-bond acceptors (Lipinski definition) is 14. The minimum absolute atomic E-state index is 0. The van der Waals surface area contributed by atoms with Gasteiger partial charge in [-0.25, -0.2) is 9.78 Å². The monoisotopic (exact) mass is 674 g/mol. The van der Waals surface area contributed by atoms with E-state index in [4.69, 9.17) is 26.8 Å². The van der Waals surface area contributed by atoms with Gasteiger partial charge in [0.25, 0.3) is 0 Å². The largest absolute Gasteiger partial charge is 0.457 e. The lowest BCUT2D eigenvalue weighted by Crippen LogP contribution is -2.56. The summed E-state index contributed by atoms with van der Waals surface area (Å²) in [6.07, 6.45) is 0.111. The zero-order chi connectivity index (χ0) is 32.7. The molecule has 0 bridgehead atoms. The SMILES string of the molecule is CCNc1nc(Nc2cc(C#N)cc(N3CCC(NC(=O)OC)C(OC(=O)CNC(=O)C(C)N)C3)c2Cl)nn2c(C#N)cnc12.Cl. The lowest BCUT2D eigenvalue weighted by molar-refractivity contribution is -0.150. The highest BCUT2D eigenvalue weighted by Crippen LogP contribution is 2.37. The lowest BCUT2D eigenvalue weighted by Gasteiger charge is -2.39. The third-order valence-corrected chi connectivity index (χ3v) is 7.14. The van der Waals surface area contributed by atoms with Crippen LogP contribution in [0.2, 0.25) is 5.02 Å². The van der Waals surface area contributed by atoms with Gasteiger partial charge < -0.3 is 41.4 Å². The van der Waals surface area contributed by atoms with Crippen molar-refractivity contribution in [2.24, 2.45) is 5.73 Å². The molecule has 1 saturated heterocycles. The predicted octanol–water partition coefficient (Wildman–Crippen LogP) is 1.43. The van der Waals surface area contributed by atoms with Crippen LogP contribution in [0.4, 0.5) is 27.9 Å². The van der Waals surface area contributed by atoms with Gasteiger partial charge in [0.05, 0.1) is 60.0 Å². The molecular weight excluding hydrogens is 643 g/mol. The standard InChI is InChI=1S/C27H31ClN12O5.ClH/c1-4-32-23-24-33-11-16(10-30)40(24)38-26(37-23)35-18-7-15(9-29)8-19(22(18)28)39-6-5-17(36-27(43)44-3)20(13-39)45-21(41)12-34-25(42)14(2)31;/h7-8,11,14,17,20H,4-6,12-13,31H2,1-3H3,(H,34,42)(H,36,43)(H2,32,35,37,38);1H. The second kappa shape index (κ2) is 15.8. The molecule has 0 saturated carbocycles. The van der Waals surface area contributed by atoms with E-state index in [1.807, 2.05) is 13.0 Å².